The van der Waals surface area contributed by atoms with Crippen LogP contribution in [0, 0.1) is 0 Å². The maximum atomic E-state index is 13.2. The smallest absolute Gasteiger partial charge is 0.264 e. The molecule has 0 radical (unpaired) electrons. The van der Waals surface area contributed by atoms with Crippen LogP contribution >= 0.6 is 22.9 Å². The number of hydrogen-bond donors (Lipinski definition) is 2. The number of halogens is 1. The Labute approximate surface area is 202 Å². The van der Waals surface area contributed by atoms with Crippen molar-refractivity contribution in [3.8, 4) is 0 Å². The lowest BCUT2D eigenvalue weighted by Crippen LogP contribution is -2.51. The molecule has 2 aliphatic rings. The lowest BCUT2D eigenvalue weighted by atomic mass is 10.0. The Morgan fingerprint density at radius 3 is 2.55 bits per heavy atom. The predicted molar refractivity (Wildman–Crippen MR) is 129 cm³/mol. The van der Waals surface area contributed by atoms with E-state index in [-0.39, 0.29) is 18.4 Å². The van der Waals surface area contributed by atoms with Crippen LogP contribution in [-0.2, 0) is 22.8 Å². The van der Waals surface area contributed by atoms with Gasteiger partial charge in [-0.2, -0.15) is 0 Å². The van der Waals surface area contributed by atoms with Crippen LogP contribution in [0.2, 0.25) is 5.02 Å². The minimum atomic E-state index is -3.63. The largest absolute Gasteiger partial charge is 0.395 e. The van der Waals surface area contributed by atoms with Crippen molar-refractivity contribution in [1.29, 1.82) is 0 Å². The van der Waals surface area contributed by atoms with Gasteiger partial charge in [-0.05, 0) is 56.4 Å². The van der Waals surface area contributed by atoms with Crippen molar-refractivity contribution in [2.24, 2.45) is 0 Å². The van der Waals surface area contributed by atoms with E-state index in [0.29, 0.717) is 47.8 Å². The summed E-state index contributed by atoms with van der Waals surface area (Å²) in [5.41, 5.74) is 2.13. The summed E-state index contributed by atoms with van der Waals surface area (Å²) in [4.78, 5) is 28.0. The molecule has 0 saturated heterocycles. The number of amides is 2. The van der Waals surface area contributed by atoms with E-state index in [2.05, 4.69) is 5.32 Å². The third-order valence-electron chi connectivity index (χ3n) is 6.58. The van der Waals surface area contributed by atoms with Gasteiger partial charge in [0.1, 0.15) is 0 Å². The molecule has 0 atom stereocenters. The fourth-order valence-corrected chi connectivity index (χ4v) is 7.70. The summed E-state index contributed by atoms with van der Waals surface area (Å²) in [5.74, 6) is -0.476. The van der Waals surface area contributed by atoms with Crippen LogP contribution in [0.4, 0.5) is 0 Å². The van der Waals surface area contributed by atoms with Gasteiger partial charge in [0.25, 0.3) is 11.8 Å². The van der Waals surface area contributed by atoms with Gasteiger partial charge in [0.2, 0.25) is 0 Å². The van der Waals surface area contributed by atoms with Crippen molar-refractivity contribution in [3.63, 3.8) is 0 Å². The molecule has 1 aromatic heterocycles. The third-order valence-corrected chi connectivity index (χ3v) is 11.1. The zero-order valence-corrected chi connectivity index (χ0v) is 20.9. The van der Waals surface area contributed by atoms with E-state index in [1.54, 1.807) is 22.4 Å². The summed E-state index contributed by atoms with van der Waals surface area (Å²) in [6, 6.07) is 7.20. The maximum Gasteiger partial charge on any atom is 0.264 e. The highest BCUT2D eigenvalue weighted by atomic mass is 35.5. The summed E-state index contributed by atoms with van der Waals surface area (Å²) in [6.07, 6.45) is 1.46. The monoisotopic (exact) mass is 510 g/mol. The Bertz CT molecular complexity index is 1180. The van der Waals surface area contributed by atoms with Crippen LogP contribution in [-0.4, -0.2) is 59.4 Å². The standard InChI is InChI=1S/C23H27ClN2O5S2/c1-22(2,14-27)33(30,31)23(8-9-23)13-26-10-7-17-18(12-32-19(17)21(26)29)20(28)25-11-15-3-5-16(24)6-4-15/h3-6,12,27H,7-11,13-14H2,1-2H3,(H,25,28). The number of carbonyl (C=O) groups excluding carboxylic acids is 2. The molecule has 2 amide bonds. The lowest BCUT2D eigenvalue weighted by Gasteiger charge is -2.34. The number of thiophene rings is 1. The highest BCUT2D eigenvalue weighted by Crippen LogP contribution is 2.49. The van der Waals surface area contributed by atoms with Crippen LogP contribution < -0.4 is 5.32 Å². The van der Waals surface area contributed by atoms with Gasteiger partial charge in [-0.3, -0.25) is 9.59 Å². The Hall–Kier alpha value is -1.94. The molecular weight excluding hydrogens is 484 g/mol. The van der Waals surface area contributed by atoms with E-state index in [1.165, 1.54) is 25.2 Å². The molecule has 10 heteroatoms. The topological polar surface area (TPSA) is 104 Å². The van der Waals surface area contributed by atoms with Crippen LogP contribution in [0.5, 0.6) is 0 Å². The Morgan fingerprint density at radius 1 is 1.27 bits per heavy atom. The van der Waals surface area contributed by atoms with Gasteiger partial charge in [-0.1, -0.05) is 23.7 Å². The van der Waals surface area contributed by atoms with Crippen LogP contribution in [0.3, 0.4) is 0 Å². The van der Waals surface area contributed by atoms with Gasteiger partial charge in [-0.15, -0.1) is 11.3 Å². The number of rotatable bonds is 8. The third kappa shape index (κ3) is 4.32. The van der Waals surface area contributed by atoms with Crippen molar-refractivity contribution >= 4 is 44.6 Å². The van der Waals surface area contributed by atoms with Gasteiger partial charge < -0.3 is 15.3 Å². The van der Waals surface area contributed by atoms with Crippen molar-refractivity contribution in [2.75, 3.05) is 19.7 Å². The van der Waals surface area contributed by atoms with Crippen LogP contribution in [0.15, 0.2) is 29.6 Å². The number of hydrogen-bond acceptors (Lipinski definition) is 6. The summed E-state index contributed by atoms with van der Waals surface area (Å²) >= 11 is 7.11. The van der Waals surface area contributed by atoms with E-state index < -0.39 is 25.9 Å². The zero-order valence-electron chi connectivity index (χ0n) is 18.6. The number of fused-ring (bicyclic) bond motifs is 1. The fourth-order valence-electron chi connectivity index (χ4n) is 4.19. The number of nitrogens with one attached hydrogen (secondary N) is 1. The number of sulfone groups is 1. The number of benzene rings is 1. The molecule has 0 spiro atoms. The van der Waals surface area contributed by atoms with E-state index in [0.717, 1.165) is 11.1 Å². The number of carbonyl (C=O) groups is 2. The molecule has 0 bridgehead atoms. The van der Waals surface area contributed by atoms with Crippen molar-refractivity contribution in [3.05, 3.63) is 56.2 Å². The second-order valence-electron chi connectivity index (χ2n) is 9.35. The van der Waals surface area contributed by atoms with Crippen LogP contribution in [0.1, 0.15) is 57.8 Å². The second kappa shape index (κ2) is 8.69. The molecule has 1 saturated carbocycles. The van der Waals surface area contributed by atoms with Crippen molar-refractivity contribution in [2.45, 2.75) is 49.1 Å². The maximum absolute atomic E-state index is 13.2. The van der Waals surface area contributed by atoms with Gasteiger partial charge in [0.05, 0.1) is 26.5 Å². The molecule has 1 aliphatic carbocycles. The molecule has 33 heavy (non-hydrogen) atoms. The van der Waals surface area contributed by atoms with Gasteiger partial charge in [0.15, 0.2) is 9.84 Å². The van der Waals surface area contributed by atoms with E-state index in [1.807, 2.05) is 12.1 Å². The average molecular weight is 511 g/mol. The highest BCUT2D eigenvalue weighted by Gasteiger charge is 2.60. The van der Waals surface area contributed by atoms with E-state index in [9.17, 15) is 23.1 Å². The summed E-state index contributed by atoms with van der Waals surface area (Å²) in [7, 11) is -3.63. The number of aliphatic hydroxyl groups excluding tert-OH is 1. The minimum absolute atomic E-state index is 0.118. The molecule has 1 fully saturated rings. The molecule has 0 unspecified atom stereocenters. The first-order chi connectivity index (χ1) is 15.5. The van der Waals surface area contributed by atoms with E-state index >= 15 is 0 Å². The first kappa shape index (κ1) is 24.2. The Balaban J connectivity index is 1.46. The number of aliphatic hydroxyl groups is 1. The van der Waals surface area contributed by atoms with Crippen LogP contribution in [0.25, 0.3) is 0 Å². The van der Waals surface area contributed by atoms with E-state index in [4.69, 9.17) is 11.6 Å². The molecule has 1 aromatic carbocycles. The Morgan fingerprint density at radius 2 is 1.94 bits per heavy atom. The molecule has 2 heterocycles. The quantitative estimate of drug-likeness (QED) is 0.568. The first-order valence-electron chi connectivity index (χ1n) is 10.8. The summed E-state index contributed by atoms with van der Waals surface area (Å²) in [5, 5.41) is 14.8. The van der Waals surface area contributed by atoms with Gasteiger partial charge in [0, 0.05) is 30.0 Å². The fraction of sp³-hybridized carbons (Fsp3) is 0.478. The molecular formula is C23H27ClN2O5S2. The Kier molecular flexibility index (Phi) is 6.37. The average Bonchev–Trinajstić information content (AvgIpc) is 3.45. The van der Waals surface area contributed by atoms with Crippen molar-refractivity contribution in [1.82, 2.24) is 10.2 Å². The molecule has 7 nitrogen and oxygen atoms in total. The first-order valence-corrected chi connectivity index (χ1v) is 13.5. The normalized spacial score (nSPS) is 17.6. The molecule has 2 aromatic rings. The van der Waals surface area contributed by atoms with Gasteiger partial charge in [-0.25, -0.2) is 8.42 Å². The molecule has 2 N–H and O–H groups in total. The minimum Gasteiger partial charge on any atom is -0.395 e. The second-order valence-corrected chi connectivity index (χ2v) is 13.6. The zero-order chi connectivity index (χ0) is 24.0. The highest BCUT2D eigenvalue weighted by molar-refractivity contribution is 7.94. The summed E-state index contributed by atoms with van der Waals surface area (Å²) < 4.78 is 24.0. The lowest BCUT2D eigenvalue weighted by molar-refractivity contribution is 0.0741. The van der Waals surface area contributed by atoms with Crippen molar-refractivity contribution < 1.29 is 23.1 Å². The van der Waals surface area contributed by atoms with Gasteiger partial charge >= 0.3 is 0 Å². The molecule has 1 aliphatic heterocycles. The molecule has 178 valence electrons. The number of nitrogens with zero attached hydrogens (tertiary/aromatic N) is 1. The predicted octanol–water partition coefficient (Wildman–Crippen LogP) is 3.05. The summed E-state index contributed by atoms with van der Waals surface area (Å²) in [6.45, 7) is 3.40. The SMILES string of the molecule is CC(C)(CO)S(=O)(=O)C1(CN2CCc3c(C(=O)NCc4ccc(Cl)cc4)csc3C2=O)CC1. The molecule has 4 rings (SSSR count).